The number of nitrogens with two attached hydrogens (primary N) is 1. The fourth-order valence-corrected chi connectivity index (χ4v) is 4.69. The average Bonchev–Trinajstić information content (AvgIpc) is 3.00. The Hall–Kier alpha value is -3.44. The van der Waals surface area contributed by atoms with E-state index in [2.05, 4.69) is 0 Å². The van der Waals surface area contributed by atoms with Crippen molar-refractivity contribution in [3.63, 3.8) is 0 Å². The van der Waals surface area contributed by atoms with E-state index in [1.807, 2.05) is 6.92 Å². The van der Waals surface area contributed by atoms with Gasteiger partial charge in [-0.05, 0) is 68.5 Å². The lowest BCUT2D eigenvalue weighted by atomic mass is 9.95. The van der Waals surface area contributed by atoms with E-state index in [0.29, 0.717) is 41.8 Å². The van der Waals surface area contributed by atoms with Crippen LogP contribution in [0.25, 0.3) is 0 Å². The first kappa shape index (κ1) is 30.1. The van der Waals surface area contributed by atoms with Crippen molar-refractivity contribution < 1.29 is 40.7 Å². The molecule has 0 bridgehead atoms. The number of carbonyl (C=O) groups is 2. The maximum Gasteiger partial charge on any atom is 0.416 e. The lowest BCUT2D eigenvalue weighted by Crippen LogP contribution is -2.35. The van der Waals surface area contributed by atoms with Gasteiger partial charge in [-0.25, -0.2) is 4.79 Å². The molecular weight excluding hydrogens is 528 g/mol. The number of alkyl halides is 6. The average molecular weight is 560 g/mol. The minimum atomic E-state index is -5.02. The summed E-state index contributed by atoms with van der Waals surface area (Å²) in [5.41, 5.74) is 4.79. The van der Waals surface area contributed by atoms with Crippen molar-refractivity contribution in [1.29, 1.82) is 0 Å². The van der Waals surface area contributed by atoms with Crippen LogP contribution in [0.15, 0.2) is 30.3 Å². The maximum atomic E-state index is 13.4. The first-order chi connectivity index (χ1) is 18.0. The molecule has 0 spiro atoms. The molecule has 3 rings (SSSR count). The van der Waals surface area contributed by atoms with Crippen molar-refractivity contribution in [3.8, 4) is 0 Å². The van der Waals surface area contributed by atoms with Crippen molar-refractivity contribution in [2.75, 3.05) is 17.2 Å². The third-order valence-electron chi connectivity index (χ3n) is 6.68. The number of ether oxygens (including phenoxy) is 1. The van der Waals surface area contributed by atoms with Gasteiger partial charge < -0.3 is 15.4 Å². The zero-order valence-corrected chi connectivity index (χ0v) is 22.0. The Bertz CT molecular complexity index is 1200. The zero-order chi connectivity index (χ0) is 29.3. The van der Waals surface area contributed by atoms with Crippen LogP contribution in [0.4, 0.5) is 42.5 Å². The number of halogens is 6. The van der Waals surface area contributed by atoms with Crippen molar-refractivity contribution >= 4 is 23.4 Å². The number of hydrogen-bond donors (Lipinski definition) is 1. The van der Waals surface area contributed by atoms with E-state index in [1.54, 1.807) is 26.0 Å². The summed E-state index contributed by atoms with van der Waals surface area (Å²) in [5.74, 6) is -0.562. The minimum absolute atomic E-state index is 0.0490. The number of amides is 2. The van der Waals surface area contributed by atoms with Gasteiger partial charge in [0, 0.05) is 25.6 Å². The van der Waals surface area contributed by atoms with Crippen molar-refractivity contribution in [1.82, 2.24) is 4.90 Å². The molecule has 2 aromatic carbocycles. The van der Waals surface area contributed by atoms with Crippen molar-refractivity contribution in [2.24, 2.45) is 0 Å². The third kappa shape index (κ3) is 6.96. The van der Waals surface area contributed by atoms with Gasteiger partial charge in [0.1, 0.15) is 6.10 Å². The smallest absolute Gasteiger partial charge is 0.416 e. The second-order valence-electron chi connectivity index (χ2n) is 9.77. The lowest BCUT2D eigenvalue weighted by molar-refractivity contribution is -0.143. The Balaban J connectivity index is 2.11. The predicted octanol–water partition coefficient (Wildman–Crippen LogP) is 7.24. The van der Waals surface area contributed by atoms with Crippen LogP contribution in [0, 0.1) is 6.92 Å². The topological polar surface area (TPSA) is 75.9 Å². The molecule has 39 heavy (non-hydrogen) atoms. The Morgan fingerprint density at radius 2 is 1.67 bits per heavy atom. The molecule has 6 nitrogen and oxygen atoms in total. The van der Waals surface area contributed by atoms with E-state index in [0.717, 1.165) is 0 Å². The molecule has 2 unspecified atom stereocenters. The summed E-state index contributed by atoms with van der Waals surface area (Å²) < 4.78 is 86.2. The van der Waals surface area contributed by atoms with E-state index in [9.17, 15) is 35.9 Å². The highest BCUT2D eigenvalue weighted by Gasteiger charge is 2.38. The van der Waals surface area contributed by atoms with Crippen LogP contribution in [0.1, 0.15) is 73.9 Å². The summed E-state index contributed by atoms with van der Waals surface area (Å²) >= 11 is 0. The maximum absolute atomic E-state index is 13.4. The summed E-state index contributed by atoms with van der Waals surface area (Å²) in [6.07, 6.45) is -9.82. The Kier molecular flexibility index (Phi) is 8.76. The zero-order valence-electron chi connectivity index (χ0n) is 22.0. The van der Waals surface area contributed by atoms with E-state index in [-0.39, 0.29) is 36.4 Å². The number of aryl methyl sites for hydroxylation is 1. The molecule has 2 aromatic rings. The molecule has 0 saturated heterocycles. The number of carbonyl (C=O) groups excluding carboxylic acids is 2. The second-order valence-corrected chi connectivity index (χ2v) is 9.77. The number of nitrogens with zero attached hydrogens (tertiary/aromatic N) is 2. The molecular formula is C27H31F6N3O3. The van der Waals surface area contributed by atoms with Crippen LogP contribution in [0.3, 0.4) is 0 Å². The van der Waals surface area contributed by atoms with Gasteiger partial charge in [-0.15, -0.1) is 0 Å². The number of hydrogen-bond acceptors (Lipinski definition) is 4. The Labute approximate surface area is 222 Å². The molecule has 1 aliphatic heterocycles. The molecule has 0 aliphatic carbocycles. The highest BCUT2D eigenvalue weighted by Crippen LogP contribution is 2.43. The van der Waals surface area contributed by atoms with Gasteiger partial charge in [-0.1, -0.05) is 13.0 Å². The fourth-order valence-electron chi connectivity index (χ4n) is 4.69. The van der Waals surface area contributed by atoms with Crippen molar-refractivity contribution in [2.45, 2.75) is 78.0 Å². The number of benzene rings is 2. The molecule has 0 fully saturated rings. The second kappa shape index (κ2) is 11.4. The molecule has 1 aliphatic rings. The molecule has 2 N–H and O–H groups in total. The number of fused-ring (bicyclic) bond motifs is 1. The van der Waals surface area contributed by atoms with Gasteiger partial charge in [0.2, 0.25) is 5.91 Å². The molecule has 1 heterocycles. The molecule has 0 aromatic heterocycles. The lowest BCUT2D eigenvalue weighted by Gasteiger charge is -2.33. The number of anilines is 2. The number of rotatable bonds is 5. The normalized spacial score (nSPS) is 16.8. The summed E-state index contributed by atoms with van der Waals surface area (Å²) in [5, 5.41) is 0. The van der Waals surface area contributed by atoms with Crippen LogP contribution in [0.2, 0.25) is 0 Å². The minimum Gasteiger partial charge on any atom is -0.446 e. The van der Waals surface area contributed by atoms with Crippen LogP contribution in [-0.2, 0) is 28.4 Å². The van der Waals surface area contributed by atoms with Crippen LogP contribution >= 0.6 is 0 Å². The summed E-state index contributed by atoms with van der Waals surface area (Å²) in [7, 11) is 0. The quantitative estimate of drug-likeness (QED) is 0.310. The first-order valence-corrected chi connectivity index (χ1v) is 12.5. The molecule has 0 saturated carbocycles. The Morgan fingerprint density at radius 1 is 1.08 bits per heavy atom. The standard InChI is InChI=1S/C27H31F6N3O3/c1-5-16(3)39-25(38)35-8-6-7-23(21-9-15(2)10-22(34)24(21)35)36(17(4)37)14-18-11-19(26(28,29)30)13-20(12-18)27(31,32)33/h9-13,16,23H,5-8,14,34H2,1-4H3. The van der Waals surface area contributed by atoms with Gasteiger partial charge in [-0.2, -0.15) is 26.3 Å². The highest BCUT2D eigenvalue weighted by atomic mass is 19.4. The number of nitrogen functional groups attached to an aromatic ring is 1. The molecule has 214 valence electrons. The van der Waals surface area contributed by atoms with E-state index < -0.39 is 48.1 Å². The molecule has 2 amide bonds. The molecule has 0 radical (unpaired) electrons. The SMILES string of the molecule is CCC(C)OC(=O)N1CCCC(N(Cc2cc(C(F)(F)F)cc(C(F)(F)F)c2)C(C)=O)c2cc(C)cc(N)c21. The molecule has 2 atom stereocenters. The fraction of sp³-hybridized carbons (Fsp3) is 0.481. The van der Waals surface area contributed by atoms with Crippen molar-refractivity contribution in [3.05, 3.63) is 58.1 Å². The van der Waals surface area contributed by atoms with Gasteiger partial charge in [-0.3, -0.25) is 9.69 Å². The summed E-state index contributed by atoms with van der Waals surface area (Å²) in [4.78, 5) is 28.5. The van der Waals surface area contributed by atoms with Gasteiger partial charge in [0.25, 0.3) is 0 Å². The predicted molar refractivity (Wildman–Crippen MR) is 134 cm³/mol. The Morgan fingerprint density at radius 3 is 2.18 bits per heavy atom. The monoisotopic (exact) mass is 559 g/mol. The van der Waals surface area contributed by atoms with E-state index in [1.165, 1.54) is 16.7 Å². The van der Waals surface area contributed by atoms with Gasteiger partial charge in [0.05, 0.1) is 28.5 Å². The summed E-state index contributed by atoms with van der Waals surface area (Å²) in [6.45, 7) is 6.21. The van der Waals surface area contributed by atoms with E-state index in [4.69, 9.17) is 10.5 Å². The van der Waals surface area contributed by atoms with Gasteiger partial charge in [0.15, 0.2) is 0 Å². The van der Waals surface area contributed by atoms with E-state index >= 15 is 0 Å². The van der Waals surface area contributed by atoms with Crippen LogP contribution in [-0.4, -0.2) is 29.5 Å². The van der Waals surface area contributed by atoms with Crippen LogP contribution in [0.5, 0.6) is 0 Å². The van der Waals surface area contributed by atoms with Gasteiger partial charge >= 0.3 is 18.4 Å². The van der Waals surface area contributed by atoms with Crippen LogP contribution < -0.4 is 10.6 Å². The third-order valence-corrected chi connectivity index (χ3v) is 6.68. The highest BCUT2D eigenvalue weighted by molar-refractivity contribution is 5.94. The first-order valence-electron chi connectivity index (χ1n) is 12.5. The largest absolute Gasteiger partial charge is 0.446 e. The summed E-state index contributed by atoms with van der Waals surface area (Å²) in [6, 6.07) is 3.87. The molecule has 12 heteroatoms.